The largest absolute Gasteiger partial charge is 0.490 e. The molecule has 2 aliphatic rings. The zero-order valence-corrected chi connectivity index (χ0v) is 12.3. The van der Waals surface area contributed by atoms with E-state index in [-0.39, 0.29) is 5.60 Å². The first-order valence-corrected chi connectivity index (χ1v) is 6.88. The lowest BCUT2D eigenvalue weighted by Gasteiger charge is -2.37. The van der Waals surface area contributed by atoms with Crippen molar-refractivity contribution in [2.75, 3.05) is 13.1 Å². The summed E-state index contributed by atoms with van der Waals surface area (Å²) in [5, 5.41) is 10.6. The van der Waals surface area contributed by atoms with Gasteiger partial charge in [0.15, 0.2) is 0 Å². The van der Waals surface area contributed by atoms with Crippen LogP contribution in [0.2, 0.25) is 0 Å². The van der Waals surface area contributed by atoms with Crippen molar-refractivity contribution in [1.29, 1.82) is 0 Å². The van der Waals surface area contributed by atoms with Crippen LogP contribution in [-0.4, -0.2) is 35.9 Å². The van der Waals surface area contributed by atoms with Gasteiger partial charge in [0.2, 0.25) is 0 Å². The molecule has 0 bridgehead atoms. The summed E-state index contributed by atoms with van der Waals surface area (Å²) in [6.07, 6.45) is -5.08. The van der Waals surface area contributed by atoms with Gasteiger partial charge in [0.25, 0.3) is 0 Å². The lowest BCUT2D eigenvalue weighted by Crippen LogP contribution is -2.39. The number of aryl methyl sites for hydroxylation is 1. The van der Waals surface area contributed by atoms with E-state index in [1.165, 1.54) is 16.7 Å². The fourth-order valence-corrected chi connectivity index (χ4v) is 2.88. The van der Waals surface area contributed by atoms with E-state index in [0.29, 0.717) is 5.92 Å². The average molecular weight is 317 g/mol. The fourth-order valence-electron chi connectivity index (χ4n) is 2.88. The number of carboxylic acid groups (broad SMARTS) is 1. The summed E-state index contributed by atoms with van der Waals surface area (Å²) in [7, 11) is 0. The molecule has 7 heteroatoms. The number of ether oxygens (including phenoxy) is 1. The van der Waals surface area contributed by atoms with Gasteiger partial charge in [-0.2, -0.15) is 13.2 Å². The summed E-state index contributed by atoms with van der Waals surface area (Å²) in [6, 6.07) is 6.60. The molecule has 1 saturated heterocycles. The number of halogens is 3. The number of carbonyl (C=O) groups is 1. The van der Waals surface area contributed by atoms with Gasteiger partial charge in [-0.15, -0.1) is 0 Å². The molecule has 1 aromatic carbocycles. The minimum absolute atomic E-state index is 0.0147. The Balaban J connectivity index is 0.000000217. The van der Waals surface area contributed by atoms with Crippen LogP contribution in [0.5, 0.6) is 0 Å². The Morgan fingerprint density at radius 1 is 1.45 bits per heavy atom. The van der Waals surface area contributed by atoms with E-state index in [0.717, 1.165) is 19.7 Å². The number of fused-ring (bicyclic) bond motifs is 3. The highest BCUT2D eigenvalue weighted by Gasteiger charge is 2.44. The lowest BCUT2D eigenvalue weighted by molar-refractivity contribution is -0.192. The fraction of sp³-hybridized carbons (Fsp3) is 0.533. The molecule has 0 radical (unpaired) electrons. The van der Waals surface area contributed by atoms with E-state index < -0.39 is 12.1 Å². The van der Waals surface area contributed by atoms with Crippen LogP contribution in [0.4, 0.5) is 13.2 Å². The summed E-state index contributed by atoms with van der Waals surface area (Å²) in [5.74, 6) is -2.23. The Morgan fingerprint density at radius 3 is 2.68 bits per heavy atom. The van der Waals surface area contributed by atoms with Crippen molar-refractivity contribution in [3.63, 3.8) is 0 Å². The van der Waals surface area contributed by atoms with Crippen molar-refractivity contribution in [2.24, 2.45) is 0 Å². The van der Waals surface area contributed by atoms with Gasteiger partial charge in [-0.25, -0.2) is 4.79 Å². The number of hydrogen-bond acceptors (Lipinski definition) is 3. The smallest absolute Gasteiger partial charge is 0.475 e. The molecule has 4 nitrogen and oxygen atoms in total. The van der Waals surface area contributed by atoms with Gasteiger partial charge >= 0.3 is 12.1 Å². The van der Waals surface area contributed by atoms with Crippen LogP contribution in [0, 0.1) is 6.92 Å². The molecule has 2 aliphatic heterocycles. The maximum Gasteiger partial charge on any atom is 0.490 e. The maximum atomic E-state index is 10.6. The molecule has 2 N–H and O–H groups in total. The SMILES string of the molecule is Cc1cccc2c1CO[C@@]1(C)CNC[C@@H]21.O=C(O)C(F)(F)F. The van der Waals surface area contributed by atoms with Crippen molar-refractivity contribution in [1.82, 2.24) is 5.32 Å². The Morgan fingerprint density at radius 2 is 2.09 bits per heavy atom. The number of hydrogen-bond donors (Lipinski definition) is 2. The number of alkyl halides is 3. The summed E-state index contributed by atoms with van der Waals surface area (Å²) in [6.45, 7) is 7.20. The topological polar surface area (TPSA) is 58.6 Å². The summed E-state index contributed by atoms with van der Waals surface area (Å²) >= 11 is 0. The van der Waals surface area contributed by atoms with Gasteiger partial charge in [0.05, 0.1) is 12.2 Å². The molecule has 122 valence electrons. The zero-order chi connectivity index (χ0) is 16.5. The first-order chi connectivity index (χ1) is 10.1. The Kier molecular flexibility index (Phi) is 4.49. The van der Waals surface area contributed by atoms with Gasteiger partial charge < -0.3 is 15.2 Å². The van der Waals surface area contributed by atoms with Gasteiger partial charge in [-0.1, -0.05) is 18.2 Å². The second-order valence-electron chi connectivity index (χ2n) is 5.73. The molecular formula is C15H18F3NO3. The minimum atomic E-state index is -5.08. The van der Waals surface area contributed by atoms with Crippen LogP contribution < -0.4 is 5.32 Å². The van der Waals surface area contributed by atoms with Crippen LogP contribution in [0.1, 0.15) is 29.5 Å². The predicted molar refractivity (Wildman–Crippen MR) is 73.7 cm³/mol. The van der Waals surface area contributed by atoms with E-state index in [1.54, 1.807) is 0 Å². The molecule has 0 saturated carbocycles. The Labute approximate surface area is 126 Å². The maximum absolute atomic E-state index is 10.6. The molecule has 1 fully saturated rings. The highest BCUT2D eigenvalue weighted by atomic mass is 19.4. The Hall–Kier alpha value is -1.60. The number of aliphatic carboxylic acids is 1. The first kappa shape index (κ1) is 16.8. The first-order valence-electron chi connectivity index (χ1n) is 6.88. The number of benzene rings is 1. The van der Waals surface area contributed by atoms with Crippen molar-refractivity contribution in [3.05, 3.63) is 34.9 Å². The molecule has 22 heavy (non-hydrogen) atoms. The minimum Gasteiger partial charge on any atom is -0.475 e. The molecular weight excluding hydrogens is 299 g/mol. The number of carboxylic acids is 1. The van der Waals surface area contributed by atoms with Crippen LogP contribution in [0.3, 0.4) is 0 Å². The van der Waals surface area contributed by atoms with Crippen LogP contribution in [0.15, 0.2) is 18.2 Å². The lowest BCUT2D eigenvalue weighted by atomic mass is 9.80. The van der Waals surface area contributed by atoms with Crippen LogP contribution >= 0.6 is 0 Å². The number of rotatable bonds is 0. The highest BCUT2D eigenvalue weighted by molar-refractivity contribution is 5.73. The van der Waals surface area contributed by atoms with E-state index in [4.69, 9.17) is 14.6 Å². The third kappa shape index (κ3) is 3.25. The van der Waals surface area contributed by atoms with E-state index in [2.05, 4.69) is 37.4 Å². The van der Waals surface area contributed by atoms with Gasteiger partial charge in [-0.05, 0) is 30.5 Å². The molecule has 0 aliphatic carbocycles. The highest BCUT2D eigenvalue weighted by Crippen LogP contribution is 2.41. The van der Waals surface area contributed by atoms with Crippen LogP contribution in [0.25, 0.3) is 0 Å². The molecule has 2 heterocycles. The standard InChI is InChI=1S/C13H17NO.C2HF3O2/c1-9-4-3-5-10-11(9)7-15-13(2)8-14-6-12(10)13;3-2(4,5)1(6)7/h3-5,12,14H,6-8H2,1-2H3;(H,6,7)/t12-,13-;/m0./s1. The molecule has 1 aromatic rings. The third-order valence-corrected chi connectivity index (χ3v) is 4.17. The van der Waals surface area contributed by atoms with Gasteiger partial charge in [0, 0.05) is 19.0 Å². The molecule has 0 unspecified atom stereocenters. The quantitative estimate of drug-likeness (QED) is 0.772. The van der Waals surface area contributed by atoms with Gasteiger partial charge in [-0.3, -0.25) is 0 Å². The monoisotopic (exact) mass is 317 g/mol. The summed E-state index contributed by atoms with van der Waals surface area (Å²) < 4.78 is 37.8. The zero-order valence-electron chi connectivity index (χ0n) is 12.3. The second-order valence-corrected chi connectivity index (χ2v) is 5.73. The van der Waals surface area contributed by atoms with E-state index >= 15 is 0 Å². The molecule has 0 spiro atoms. The molecule has 0 aromatic heterocycles. The van der Waals surface area contributed by atoms with Crippen molar-refractivity contribution in [3.8, 4) is 0 Å². The molecule has 2 atom stereocenters. The van der Waals surface area contributed by atoms with Crippen LogP contribution in [-0.2, 0) is 16.1 Å². The Bertz CT molecular complexity index is 574. The van der Waals surface area contributed by atoms with Crippen molar-refractivity contribution in [2.45, 2.75) is 38.1 Å². The van der Waals surface area contributed by atoms with E-state index in [9.17, 15) is 13.2 Å². The predicted octanol–water partition coefficient (Wildman–Crippen LogP) is 2.60. The third-order valence-electron chi connectivity index (χ3n) is 4.17. The number of nitrogens with one attached hydrogen (secondary N) is 1. The van der Waals surface area contributed by atoms with Crippen molar-refractivity contribution >= 4 is 5.97 Å². The van der Waals surface area contributed by atoms with Gasteiger partial charge in [0.1, 0.15) is 0 Å². The van der Waals surface area contributed by atoms with Crippen molar-refractivity contribution < 1.29 is 27.8 Å². The molecule has 0 amide bonds. The molecule has 3 rings (SSSR count). The average Bonchev–Trinajstić information content (AvgIpc) is 2.81. The van der Waals surface area contributed by atoms with E-state index in [1.807, 2.05) is 0 Å². The summed E-state index contributed by atoms with van der Waals surface area (Å²) in [4.78, 5) is 8.90. The second kappa shape index (κ2) is 5.89. The summed E-state index contributed by atoms with van der Waals surface area (Å²) in [5.41, 5.74) is 4.28. The normalized spacial score (nSPS) is 26.5.